The maximum atomic E-state index is 12.9. The molecular formula is C24H32N4O3. The summed E-state index contributed by atoms with van der Waals surface area (Å²) in [6.07, 6.45) is 2.83. The molecule has 7 heteroatoms. The van der Waals surface area contributed by atoms with Crippen molar-refractivity contribution in [3.8, 4) is 5.88 Å². The molecular weight excluding hydrogens is 392 g/mol. The molecule has 1 aliphatic rings. The van der Waals surface area contributed by atoms with E-state index in [2.05, 4.69) is 37.3 Å². The second kappa shape index (κ2) is 7.70. The van der Waals surface area contributed by atoms with E-state index < -0.39 is 0 Å². The standard InChI is InChI=1S/C24H32N4O3/c1-13-10-17-18(11-24(4,5)12-19(17)31-13)26-20(29)9-8-16-14(2)21-22(25-15(16)3)28(6)27-23(21)30-7/h10,18H,8-9,11-12H2,1-7H3,(H,26,29). The molecule has 0 aromatic carbocycles. The van der Waals surface area contributed by atoms with E-state index in [1.54, 1.807) is 11.8 Å². The van der Waals surface area contributed by atoms with Crippen molar-refractivity contribution < 1.29 is 13.9 Å². The number of carbonyl (C=O) groups is 1. The van der Waals surface area contributed by atoms with Gasteiger partial charge in [-0.3, -0.25) is 4.79 Å². The largest absolute Gasteiger partial charge is 0.479 e. The molecule has 3 heterocycles. The van der Waals surface area contributed by atoms with Crippen molar-refractivity contribution in [2.24, 2.45) is 12.5 Å². The predicted octanol–water partition coefficient (Wildman–Crippen LogP) is 4.26. The molecule has 7 nitrogen and oxygen atoms in total. The first-order chi connectivity index (χ1) is 14.6. The van der Waals surface area contributed by atoms with Crippen LogP contribution in [0.5, 0.6) is 5.88 Å². The fourth-order valence-corrected chi connectivity index (χ4v) is 4.93. The number of fused-ring (bicyclic) bond motifs is 2. The van der Waals surface area contributed by atoms with E-state index in [1.165, 1.54) is 0 Å². The number of aryl methyl sites for hydroxylation is 4. The summed E-state index contributed by atoms with van der Waals surface area (Å²) in [5.41, 5.74) is 5.10. The summed E-state index contributed by atoms with van der Waals surface area (Å²) in [7, 11) is 3.48. The molecule has 3 aromatic rings. The highest BCUT2D eigenvalue weighted by molar-refractivity contribution is 5.86. The van der Waals surface area contributed by atoms with Crippen LogP contribution < -0.4 is 10.1 Å². The van der Waals surface area contributed by atoms with E-state index in [9.17, 15) is 4.79 Å². The first kappa shape index (κ1) is 21.4. The second-order valence-corrected chi connectivity index (χ2v) is 9.53. The van der Waals surface area contributed by atoms with Crippen LogP contribution in [-0.2, 0) is 24.7 Å². The second-order valence-electron chi connectivity index (χ2n) is 9.53. The minimum absolute atomic E-state index is 0.00934. The van der Waals surface area contributed by atoms with Gasteiger partial charge in [0, 0.05) is 31.1 Å². The molecule has 1 unspecified atom stereocenters. The van der Waals surface area contributed by atoms with E-state index in [0.29, 0.717) is 18.7 Å². The maximum Gasteiger partial charge on any atom is 0.242 e. The van der Waals surface area contributed by atoms with Crippen LogP contribution in [0.25, 0.3) is 11.0 Å². The highest BCUT2D eigenvalue weighted by atomic mass is 16.5. The van der Waals surface area contributed by atoms with Gasteiger partial charge in [-0.15, -0.1) is 5.10 Å². The van der Waals surface area contributed by atoms with Crippen LogP contribution in [0.15, 0.2) is 10.5 Å². The van der Waals surface area contributed by atoms with Crippen molar-refractivity contribution >= 4 is 16.9 Å². The van der Waals surface area contributed by atoms with Crippen molar-refractivity contribution in [3.63, 3.8) is 0 Å². The van der Waals surface area contributed by atoms with Crippen LogP contribution in [0, 0.1) is 26.2 Å². The molecule has 0 spiro atoms. The van der Waals surface area contributed by atoms with Gasteiger partial charge in [0.2, 0.25) is 11.8 Å². The Morgan fingerprint density at radius 3 is 2.81 bits per heavy atom. The zero-order valence-corrected chi connectivity index (χ0v) is 19.5. The van der Waals surface area contributed by atoms with Gasteiger partial charge < -0.3 is 14.5 Å². The molecule has 31 heavy (non-hydrogen) atoms. The third-order valence-corrected chi connectivity index (χ3v) is 6.39. The SMILES string of the molecule is COc1nn(C)c2nc(C)c(CCC(=O)NC3CC(C)(C)Cc4oc(C)cc43)c(C)c12. The van der Waals surface area contributed by atoms with Crippen molar-refractivity contribution in [2.45, 2.75) is 66.3 Å². The molecule has 166 valence electrons. The smallest absolute Gasteiger partial charge is 0.242 e. The molecule has 3 aromatic heterocycles. The van der Waals surface area contributed by atoms with Gasteiger partial charge >= 0.3 is 0 Å². The number of pyridine rings is 1. The van der Waals surface area contributed by atoms with Crippen molar-refractivity contribution in [2.75, 3.05) is 7.11 Å². The molecule has 0 aliphatic heterocycles. The van der Waals surface area contributed by atoms with E-state index in [0.717, 1.165) is 57.8 Å². The predicted molar refractivity (Wildman–Crippen MR) is 119 cm³/mol. The Morgan fingerprint density at radius 1 is 1.35 bits per heavy atom. The molecule has 0 saturated carbocycles. The summed E-state index contributed by atoms with van der Waals surface area (Å²) in [4.78, 5) is 17.6. The number of hydrogen-bond acceptors (Lipinski definition) is 5. The molecule has 1 aliphatic carbocycles. The number of hydrogen-bond donors (Lipinski definition) is 1. The lowest BCUT2D eigenvalue weighted by Gasteiger charge is -2.34. The van der Waals surface area contributed by atoms with Gasteiger partial charge in [0.15, 0.2) is 5.65 Å². The Hall–Kier alpha value is -2.83. The van der Waals surface area contributed by atoms with Crippen LogP contribution in [0.3, 0.4) is 0 Å². The van der Waals surface area contributed by atoms with Gasteiger partial charge in [-0.25, -0.2) is 9.67 Å². The zero-order valence-electron chi connectivity index (χ0n) is 19.5. The summed E-state index contributed by atoms with van der Waals surface area (Å²) in [6.45, 7) is 10.5. The third-order valence-electron chi connectivity index (χ3n) is 6.39. The van der Waals surface area contributed by atoms with E-state index in [1.807, 2.05) is 20.9 Å². The van der Waals surface area contributed by atoms with Crippen LogP contribution in [0.2, 0.25) is 0 Å². The maximum absolute atomic E-state index is 12.9. The summed E-state index contributed by atoms with van der Waals surface area (Å²) < 4.78 is 13.1. The zero-order chi connectivity index (χ0) is 22.5. The molecule has 4 rings (SSSR count). The van der Waals surface area contributed by atoms with Crippen molar-refractivity contribution in [3.05, 3.63) is 40.0 Å². The van der Waals surface area contributed by atoms with Gasteiger partial charge in [-0.1, -0.05) is 13.8 Å². The molecule has 0 radical (unpaired) electrons. The van der Waals surface area contributed by atoms with E-state index >= 15 is 0 Å². The fourth-order valence-electron chi connectivity index (χ4n) is 4.93. The number of amides is 1. The van der Waals surface area contributed by atoms with Gasteiger partial charge in [0.1, 0.15) is 11.5 Å². The lowest BCUT2D eigenvalue weighted by Crippen LogP contribution is -2.36. The third kappa shape index (κ3) is 3.93. The number of ether oxygens (including phenoxy) is 1. The Labute approximate surface area is 183 Å². The number of aromatic nitrogens is 3. The normalized spacial score (nSPS) is 17.6. The number of carbonyl (C=O) groups excluding carboxylic acids is 1. The molecule has 0 saturated heterocycles. The Morgan fingerprint density at radius 2 is 2.10 bits per heavy atom. The van der Waals surface area contributed by atoms with E-state index in [4.69, 9.17) is 14.1 Å². The highest BCUT2D eigenvalue weighted by Gasteiger charge is 2.35. The summed E-state index contributed by atoms with van der Waals surface area (Å²) >= 11 is 0. The van der Waals surface area contributed by atoms with Gasteiger partial charge in [-0.05, 0) is 56.2 Å². The molecule has 1 amide bonds. The number of nitrogens with zero attached hydrogens (tertiary/aromatic N) is 3. The van der Waals surface area contributed by atoms with Crippen molar-refractivity contribution in [1.82, 2.24) is 20.1 Å². The minimum Gasteiger partial charge on any atom is -0.479 e. The molecule has 0 fully saturated rings. The average Bonchev–Trinajstić information content (AvgIpc) is 3.19. The number of methoxy groups -OCH3 is 1. The lowest BCUT2D eigenvalue weighted by atomic mass is 9.74. The first-order valence-electron chi connectivity index (χ1n) is 10.8. The van der Waals surface area contributed by atoms with Crippen molar-refractivity contribution in [1.29, 1.82) is 0 Å². The number of furan rings is 1. The Bertz CT molecular complexity index is 1160. The van der Waals surface area contributed by atoms with Gasteiger partial charge in [-0.2, -0.15) is 0 Å². The quantitative estimate of drug-likeness (QED) is 0.662. The van der Waals surface area contributed by atoms with E-state index in [-0.39, 0.29) is 17.4 Å². The monoisotopic (exact) mass is 424 g/mol. The van der Waals surface area contributed by atoms with Crippen LogP contribution in [-0.4, -0.2) is 27.8 Å². The lowest BCUT2D eigenvalue weighted by molar-refractivity contribution is -0.122. The Kier molecular flexibility index (Phi) is 5.31. The average molecular weight is 425 g/mol. The topological polar surface area (TPSA) is 82.2 Å². The summed E-state index contributed by atoms with van der Waals surface area (Å²) in [6, 6.07) is 2.06. The number of rotatable bonds is 5. The van der Waals surface area contributed by atoms with Crippen LogP contribution in [0.4, 0.5) is 0 Å². The minimum atomic E-state index is -0.00934. The number of nitrogens with one attached hydrogen (secondary N) is 1. The first-order valence-corrected chi connectivity index (χ1v) is 10.8. The Balaban J connectivity index is 1.53. The molecule has 1 atom stereocenters. The summed E-state index contributed by atoms with van der Waals surface area (Å²) in [5, 5.41) is 8.58. The fraction of sp³-hybridized carbons (Fsp3) is 0.542. The van der Waals surface area contributed by atoms with Crippen LogP contribution >= 0.6 is 0 Å². The summed E-state index contributed by atoms with van der Waals surface area (Å²) in [5.74, 6) is 2.52. The van der Waals surface area contributed by atoms with Gasteiger partial charge in [0.05, 0.1) is 18.5 Å². The molecule has 1 N–H and O–H groups in total. The van der Waals surface area contributed by atoms with Crippen LogP contribution in [0.1, 0.15) is 66.6 Å². The highest BCUT2D eigenvalue weighted by Crippen LogP contribution is 2.42. The molecule has 0 bridgehead atoms. The van der Waals surface area contributed by atoms with Gasteiger partial charge in [0.25, 0.3) is 0 Å².